The van der Waals surface area contributed by atoms with Gasteiger partial charge >= 0.3 is 5.97 Å². The number of aliphatic carboxylic acids is 1. The quantitative estimate of drug-likeness (QED) is 0.857. The van der Waals surface area contributed by atoms with Gasteiger partial charge in [-0.3, -0.25) is 14.3 Å². The Hall–Kier alpha value is -1.85. The van der Waals surface area contributed by atoms with Crippen LogP contribution in [-0.4, -0.2) is 33.3 Å². The van der Waals surface area contributed by atoms with Gasteiger partial charge in [-0.2, -0.15) is 5.10 Å². The summed E-state index contributed by atoms with van der Waals surface area (Å²) in [5.74, 6) is -0.984. The van der Waals surface area contributed by atoms with E-state index in [1.54, 1.807) is 19.3 Å². The van der Waals surface area contributed by atoms with Crippen LogP contribution in [0.15, 0.2) is 12.3 Å². The van der Waals surface area contributed by atoms with E-state index in [-0.39, 0.29) is 17.7 Å². The van der Waals surface area contributed by atoms with E-state index in [9.17, 15) is 9.59 Å². The summed E-state index contributed by atoms with van der Waals surface area (Å²) in [5, 5.41) is 15.9. The first-order chi connectivity index (χ1) is 9.52. The Morgan fingerprint density at radius 3 is 2.65 bits per heavy atom. The third kappa shape index (κ3) is 3.37. The molecule has 110 valence electrons. The van der Waals surface area contributed by atoms with E-state index in [0.717, 1.165) is 32.1 Å². The molecule has 1 aromatic heterocycles. The Balaban J connectivity index is 2.00. The van der Waals surface area contributed by atoms with Crippen molar-refractivity contribution < 1.29 is 14.7 Å². The van der Waals surface area contributed by atoms with Gasteiger partial charge in [0.1, 0.15) is 5.69 Å². The van der Waals surface area contributed by atoms with E-state index in [1.807, 2.05) is 0 Å². The third-order valence-corrected chi connectivity index (χ3v) is 4.12. The first kappa shape index (κ1) is 14.6. The first-order valence-electron chi connectivity index (χ1n) is 7.00. The lowest BCUT2D eigenvalue weighted by Gasteiger charge is -2.36. The number of rotatable bonds is 5. The fourth-order valence-electron chi connectivity index (χ4n) is 2.99. The van der Waals surface area contributed by atoms with Gasteiger partial charge in [-0.05, 0) is 24.3 Å². The SMILES string of the molecule is Cn1nccc1C(=O)NCC1(CC(=O)O)CCCCC1. The normalized spacial score (nSPS) is 17.6. The number of aromatic nitrogens is 2. The summed E-state index contributed by atoms with van der Waals surface area (Å²) in [5.41, 5.74) is 0.199. The zero-order valence-corrected chi connectivity index (χ0v) is 11.8. The molecule has 0 atom stereocenters. The number of aryl methyl sites for hydroxylation is 1. The molecular weight excluding hydrogens is 258 g/mol. The summed E-state index contributed by atoms with van der Waals surface area (Å²) >= 11 is 0. The van der Waals surface area contributed by atoms with Gasteiger partial charge in [0, 0.05) is 19.8 Å². The van der Waals surface area contributed by atoms with Crippen molar-refractivity contribution in [3.8, 4) is 0 Å². The van der Waals surface area contributed by atoms with E-state index in [4.69, 9.17) is 5.11 Å². The second-order valence-corrected chi connectivity index (χ2v) is 5.65. The van der Waals surface area contributed by atoms with Crippen molar-refractivity contribution in [2.75, 3.05) is 6.54 Å². The van der Waals surface area contributed by atoms with Crippen LogP contribution in [-0.2, 0) is 11.8 Å². The Kier molecular flexibility index (Phi) is 4.42. The van der Waals surface area contributed by atoms with Crippen LogP contribution < -0.4 is 5.32 Å². The second kappa shape index (κ2) is 6.07. The fraction of sp³-hybridized carbons (Fsp3) is 0.643. The minimum Gasteiger partial charge on any atom is -0.481 e. The van der Waals surface area contributed by atoms with Crippen LogP contribution in [0.25, 0.3) is 0 Å². The molecule has 1 amide bonds. The number of carbonyl (C=O) groups excluding carboxylic acids is 1. The number of hydrogen-bond acceptors (Lipinski definition) is 3. The standard InChI is InChI=1S/C14H21N3O3/c1-17-11(5-8-16-17)13(20)15-10-14(9-12(18)19)6-3-2-4-7-14/h5,8H,2-4,6-7,9-10H2,1H3,(H,15,20)(H,18,19). The molecule has 6 heteroatoms. The molecule has 0 spiro atoms. The van der Waals surface area contributed by atoms with Crippen LogP contribution in [0.4, 0.5) is 0 Å². The Morgan fingerprint density at radius 2 is 2.10 bits per heavy atom. The average molecular weight is 279 g/mol. The maximum Gasteiger partial charge on any atom is 0.303 e. The molecule has 0 aromatic carbocycles. The highest BCUT2D eigenvalue weighted by molar-refractivity contribution is 5.92. The van der Waals surface area contributed by atoms with Crippen LogP contribution in [0.3, 0.4) is 0 Å². The Morgan fingerprint density at radius 1 is 1.40 bits per heavy atom. The molecule has 0 radical (unpaired) electrons. The van der Waals surface area contributed by atoms with E-state index in [1.165, 1.54) is 4.68 Å². The highest BCUT2D eigenvalue weighted by Crippen LogP contribution is 2.38. The van der Waals surface area contributed by atoms with Crippen molar-refractivity contribution in [2.24, 2.45) is 12.5 Å². The van der Waals surface area contributed by atoms with Crippen molar-refractivity contribution in [2.45, 2.75) is 38.5 Å². The molecule has 1 fully saturated rings. The Bertz CT molecular complexity index is 490. The molecule has 0 unspecified atom stereocenters. The second-order valence-electron chi connectivity index (χ2n) is 5.65. The number of carboxylic acid groups (broad SMARTS) is 1. The van der Waals surface area contributed by atoms with Crippen molar-refractivity contribution in [1.29, 1.82) is 0 Å². The number of nitrogens with zero attached hydrogens (tertiary/aromatic N) is 2. The van der Waals surface area contributed by atoms with Gasteiger partial charge in [0.15, 0.2) is 0 Å². The van der Waals surface area contributed by atoms with Gasteiger partial charge in [0.2, 0.25) is 0 Å². The van der Waals surface area contributed by atoms with E-state index >= 15 is 0 Å². The molecule has 1 heterocycles. The lowest BCUT2D eigenvalue weighted by molar-refractivity contribution is -0.140. The van der Waals surface area contributed by atoms with Crippen molar-refractivity contribution in [3.63, 3.8) is 0 Å². The predicted octanol–water partition coefficient (Wildman–Crippen LogP) is 1.58. The van der Waals surface area contributed by atoms with Gasteiger partial charge in [-0.1, -0.05) is 19.3 Å². The molecule has 1 saturated carbocycles. The van der Waals surface area contributed by atoms with Crippen molar-refractivity contribution >= 4 is 11.9 Å². The van der Waals surface area contributed by atoms with Crippen LogP contribution >= 0.6 is 0 Å². The molecule has 1 aliphatic carbocycles. The smallest absolute Gasteiger partial charge is 0.303 e. The molecule has 2 rings (SSSR count). The molecular formula is C14H21N3O3. The maximum absolute atomic E-state index is 12.1. The van der Waals surface area contributed by atoms with Gasteiger partial charge in [-0.25, -0.2) is 0 Å². The van der Waals surface area contributed by atoms with Crippen molar-refractivity contribution in [1.82, 2.24) is 15.1 Å². The highest BCUT2D eigenvalue weighted by Gasteiger charge is 2.34. The summed E-state index contributed by atoms with van der Waals surface area (Å²) in [6.45, 7) is 0.420. The first-order valence-corrected chi connectivity index (χ1v) is 7.00. The lowest BCUT2D eigenvalue weighted by Crippen LogP contribution is -2.40. The minimum absolute atomic E-state index is 0.124. The summed E-state index contributed by atoms with van der Waals surface area (Å²) in [4.78, 5) is 23.2. The van der Waals surface area contributed by atoms with Crippen molar-refractivity contribution in [3.05, 3.63) is 18.0 Å². The van der Waals surface area contributed by atoms with Crippen LogP contribution in [0, 0.1) is 5.41 Å². The van der Waals surface area contributed by atoms with Crippen LogP contribution in [0.5, 0.6) is 0 Å². The molecule has 0 saturated heterocycles. The summed E-state index contributed by atoms with van der Waals surface area (Å²) in [7, 11) is 1.71. The van der Waals surface area contributed by atoms with E-state index in [2.05, 4.69) is 10.4 Å². The van der Waals surface area contributed by atoms with Gasteiger partial charge < -0.3 is 10.4 Å². The number of amides is 1. The third-order valence-electron chi connectivity index (χ3n) is 4.12. The number of hydrogen-bond donors (Lipinski definition) is 2. The van der Waals surface area contributed by atoms with Gasteiger partial charge in [-0.15, -0.1) is 0 Å². The predicted molar refractivity (Wildman–Crippen MR) is 73.3 cm³/mol. The molecule has 20 heavy (non-hydrogen) atoms. The monoisotopic (exact) mass is 279 g/mol. The number of nitrogens with one attached hydrogen (secondary N) is 1. The zero-order chi connectivity index (χ0) is 14.6. The maximum atomic E-state index is 12.1. The van der Waals surface area contributed by atoms with E-state index < -0.39 is 5.97 Å². The highest BCUT2D eigenvalue weighted by atomic mass is 16.4. The Labute approximate surface area is 118 Å². The summed E-state index contributed by atoms with van der Waals surface area (Å²) in [6.07, 6.45) is 6.65. The summed E-state index contributed by atoms with van der Waals surface area (Å²) < 4.78 is 1.51. The van der Waals surface area contributed by atoms with Gasteiger partial charge in [0.25, 0.3) is 5.91 Å². The number of carbonyl (C=O) groups is 2. The molecule has 1 aromatic rings. The lowest BCUT2D eigenvalue weighted by atomic mass is 9.71. The number of carboxylic acids is 1. The van der Waals surface area contributed by atoms with Crippen LogP contribution in [0.1, 0.15) is 49.0 Å². The van der Waals surface area contributed by atoms with Gasteiger partial charge in [0.05, 0.1) is 6.42 Å². The molecule has 6 nitrogen and oxygen atoms in total. The fourth-order valence-corrected chi connectivity index (χ4v) is 2.99. The average Bonchev–Trinajstić information content (AvgIpc) is 2.83. The molecule has 2 N–H and O–H groups in total. The van der Waals surface area contributed by atoms with Crippen LogP contribution in [0.2, 0.25) is 0 Å². The summed E-state index contributed by atoms with van der Waals surface area (Å²) in [6, 6.07) is 1.65. The zero-order valence-electron chi connectivity index (χ0n) is 11.8. The molecule has 0 aliphatic heterocycles. The van der Waals surface area contributed by atoms with E-state index in [0.29, 0.717) is 12.2 Å². The molecule has 1 aliphatic rings. The topological polar surface area (TPSA) is 84.2 Å². The minimum atomic E-state index is -0.790. The molecule has 0 bridgehead atoms. The largest absolute Gasteiger partial charge is 0.481 e.